The summed E-state index contributed by atoms with van der Waals surface area (Å²) in [5, 5.41) is 9.73. The maximum atomic E-state index is 10.5. The summed E-state index contributed by atoms with van der Waals surface area (Å²) in [6.45, 7) is 0.373. The van der Waals surface area contributed by atoms with Crippen molar-refractivity contribution in [2.45, 2.75) is 0 Å². The second-order valence-electron chi connectivity index (χ2n) is 3.77. The number of ether oxygens (including phenoxy) is 1. The molecule has 1 N–H and O–H groups in total. The minimum atomic E-state index is 0.146. The van der Waals surface area contributed by atoms with Gasteiger partial charge in [-0.05, 0) is 99.1 Å². The highest BCUT2D eigenvalue weighted by Gasteiger charge is 2.12. The number of rotatable bonds is 3. The first-order valence-electron chi connectivity index (χ1n) is 5.21. The molecule has 0 saturated heterocycles. The van der Waals surface area contributed by atoms with Crippen molar-refractivity contribution in [1.82, 2.24) is 0 Å². The van der Waals surface area contributed by atoms with Crippen molar-refractivity contribution in [3.05, 3.63) is 42.2 Å². The number of benzene rings is 2. The Morgan fingerprint density at radius 3 is 1.65 bits per heavy atom. The van der Waals surface area contributed by atoms with E-state index in [0.29, 0.717) is 30.1 Å². The second kappa shape index (κ2) is 6.60. The van der Waals surface area contributed by atoms with Crippen LogP contribution in [0.4, 0.5) is 0 Å². The van der Waals surface area contributed by atoms with Gasteiger partial charge in [0.05, 0.1) is 17.9 Å². The molecular formula is C13H6Br4O3. The van der Waals surface area contributed by atoms with Gasteiger partial charge < -0.3 is 9.84 Å². The van der Waals surface area contributed by atoms with Gasteiger partial charge in [0.15, 0.2) is 5.75 Å². The van der Waals surface area contributed by atoms with E-state index in [-0.39, 0.29) is 5.75 Å². The van der Waals surface area contributed by atoms with Crippen molar-refractivity contribution in [3.8, 4) is 22.6 Å². The number of hydrogen-bond donors (Lipinski definition) is 1. The van der Waals surface area contributed by atoms with Crippen LogP contribution in [0.2, 0.25) is 0 Å². The van der Waals surface area contributed by atoms with Crippen LogP contribution in [0.5, 0.6) is 11.5 Å². The second-order valence-corrected chi connectivity index (χ2v) is 7.19. The summed E-state index contributed by atoms with van der Waals surface area (Å²) in [7, 11) is 0. The molecule has 2 aromatic rings. The van der Waals surface area contributed by atoms with E-state index < -0.39 is 0 Å². The Balaban J connectivity index is 2.57. The number of carbonyl (C=O) groups is 1. The van der Waals surface area contributed by atoms with Gasteiger partial charge in [0.2, 0.25) is 0 Å². The molecule has 0 aliphatic rings. The molecule has 0 saturated carbocycles. The first-order chi connectivity index (χ1) is 9.43. The monoisotopic (exact) mass is 526 g/mol. The summed E-state index contributed by atoms with van der Waals surface area (Å²) in [6, 6.07) is 7.26. The zero-order chi connectivity index (χ0) is 14.9. The van der Waals surface area contributed by atoms with Gasteiger partial charge in [-0.3, -0.25) is 4.79 Å². The summed E-state index contributed by atoms with van der Waals surface area (Å²) in [5.74, 6) is 0.563. The van der Waals surface area contributed by atoms with E-state index in [2.05, 4.69) is 63.7 Å². The molecule has 0 unspecified atom stereocenters. The van der Waals surface area contributed by atoms with Crippen molar-refractivity contribution in [2.75, 3.05) is 0 Å². The molecule has 20 heavy (non-hydrogen) atoms. The smallest absolute Gasteiger partial charge is 0.298 e. The molecule has 2 rings (SSSR count). The van der Waals surface area contributed by atoms with E-state index in [1.807, 2.05) is 12.1 Å². The summed E-state index contributed by atoms with van der Waals surface area (Å²) >= 11 is 13.3. The van der Waals surface area contributed by atoms with Crippen LogP contribution in [0.15, 0.2) is 42.2 Å². The van der Waals surface area contributed by atoms with E-state index >= 15 is 0 Å². The van der Waals surface area contributed by atoms with Crippen LogP contribution < -0.4 is 4.74 Å². The van der Waals surface area contributed by atoms with Crippen LogP contribution in [0, 0.1) is 0 Å². The molecule has 3 nitrogen and oxygen atoms in total. The van der Waals surface area contributed by atoms with Gasteiger partial charge in [0, 0.05) is 0 Å². The van der Waals surface area contributed by atoms with E-state index in [4.69, 9.17) is 4.74 Å². The minimum absolute atomic E-state index is 0.146. The van der Waals surface area contributed by atoms with Gasteiger partial charge in [-0.1, -0.05) is 0 Å². The molecule has 0 aromatic heterocycles. The lowest BCUT2D eigenvalue weighted by atomic mass is 10.1. The third-order valence-corrected chi connectivity index (χ3v) is 4.90. The molecule has 0 fully saturated rings. The fraction of sp³-hybridized carbons (Fsp3) is 0. The number of phenols is 1. The zero-order valence-corrected chi connectivity index (χ0v) is 16.0. The summed E-state index contributed by atoms with van der Waals surface area (Å²) in [4.78, 5) is 10.5. The van der Waals surface area contributed by atoms with Gasteiger partial charge in [-0.15, -0.1) is 0 Å². The van der Waals surface area contributed by atoms with Crippen LogP contribution in [-0.4, -0.2) is 11.6 Å². The van der Waals surface area contributed by atoms with E-state index in [0.717, 1.165) is 11.1 Å². The van der Waals surface area contributed by atoms with Gasteiger partial charge in [-0.25, -0.2) is 0 Å². The highest BCUT2D eigenvalue weighted by molar-refractivity contribution is 9.11. The molecule has 0 radical (unpaired) electrons. The van der Waals surface area contributed by atoms with Gasteiger partial charge in [0.1, 0.15) is 5.75 Å². The van der Waals surface area contributed by atoms with Crippen molar-refractivity contribution < 1.29 is 14.6 Å². The Bertz CT molecular complexity index is 639. The third-order valence-electron chi connectivity index (χ3n) is 2.51. The number of hydrogen-bond acceptors (Lipinski definition) is 3. The Labute approximate surface area is 148 Å². The van der Waals surface area contributed by atoms with Crippen LogP contribution in [-0.2, 0) is 4.79 Å². The summed E-state index contributed by atoms with van der Waals surface area (Å²) in [5.41, 5.74) is 1.78. The molecule has 0 heterocycles. The number of phenolic OH excluding ortho intramolecular Hbond substituents is 1. The lowest BCUT2D eigenvalue weighted by Crippen LogP contribution is -1.92. The lowest BCUT2D eigenvalue weighted by Gasteiger charge is -2.10. The average molecular weight is 530 g/mol. The van der Waals surface area contributed by atoms with E-state index in [1.165, 1.54) is 0 Å². The molecular weight excluding hydrogens is 524 g/mol. The number of halogens is 4. The molecule has 7 heteroatoms. The highest BCUT2D eigenvalue weighted by Crippen LogP contribution is 2.41. The van der Waals surface area contributed by atoms with Crippen molar-refractivity contribution in [2.24, 2.45) is 0 Å². The van der Waals surface area contributed by atoms with Crippen LogP contribution in [0.3, 0.4) is 0 Å². The topological polar surface area (TPSA) is 46.5 Å². The van der Waals surface area contributed by atoms with Crippen molar-refractivity contribution >= 4 is 70.2 Å². The predicted molar refractivity (Wildman–Crippen MR) is 91.0 cm³/mol. The fourth-order valence-electron chi connectivity index (χ4n) is 1.62. The van der Waals surface area contributed by atoms with Crippen LogP contribution >= 0.6 is 63.7 Å². The van der Waals surface area contributed by atoms with Crippen molar-refractivity contribution in [3.63, 3.8) is 0 Å². The van der Waals surface area contributed by atoms with E-state index in [1.54, 1.807) is 12.1 Å². The Kier molecular flexibility index (Phi) is 5.28. The summed E-state index contributed by atoms with van der Waals surface area (Å²) in [6.07, 6.45) is 0. The first kappa shape index (κ1) is 16.0. The molecule has 0 bridgehead atoms. The maximum absolute atomic E-state index is 10.5. The Hall–Kier alpha value is -0.370. The third kappa shape index (κ3) is 3.27. The molecule has 0 aliphatic heterocycles. The number of aromatic hydroxyl groups is 1. The SMILES string of the molecule is O=COc1c(Br)cc(-c2cc(Br)c(O)c(Br)c2)cc1Br. The highest BCUT2D eigenvalue weighted by atomic mass is 79.9. The molecule has 0 amide bonds. The average Bonchev–Trinajstić information content (AvgIpc) is 2.39. The van der Waals surface area contributed by atoms with Crippen molar-refractivity contribution in [1.29, 1.82) is 0 Å². The fourth-order valence-corrected chi connectivity index (χ4v) is 4.18. The normalized spacial score (nSPS) is 10.4. The Morgan fingerprint density at radius 2 is 1.25 bits per heavy atom. The summed E-state index contributed by atoms with van der Waals surface area (Å²) < 4.78 is 7.36. The largest absolute Gasteiger partial charge is 0.506 e. The van der Waals surface area contributed by atoms with E-state index in [9.17, 15) is 9.90 Å². The standard InChI is InChI=1S/C13H6Br4O3/c14-8-1-6(2-9(15)12(8)19)7-3-10(16)13(20-5-18)11(17)4-7/h1-5,19H. The predicted octanol–water partition coefficient (Wildman–Crippen LogP) is 5.64. The quantitative estimate of drug-likeness (QED) is 0.523. The molecule has 0 atom stereocenters. The van der Waals surface area contributed by atoms with Gasteiger partial charge in [0.25, 0.3) is 6.47 Å². The Morgan fingerprint density at radius 1 is 0.850 bits per heavy atom. The van der Waals surface area contributed by atoms with Gasteiger partial charge >= 0.3 is 0 Å². The van der Waals surface area contributed by atoms with Crippen LogP contribution in [0.1, 0.15) is 0 Å². The molecule has 0 aliphatic carbocycles. The van der Waals surface area contributed by atoms with Gasteiger partial charge in [-0.2, -0.15) is 0 Å². The molecule has 0 spiro atoms. The zero-order valence-electron chi connectivity index (χ0n) is 9.66. The molecule has 2 aromatic carbocycles. The number of carbonyl (C=O) groups excluding carboxylic acids is 1. The maximum Gasteiger partial charge on any atom is 0.298 e. The minimum Gasteiger partial charge on any atom is -0.506 e. The first-order valence-corrected chi connectivity index (χ1v) is 8.39. The lowest BCUT2D eigenvalue weighted by molar-refractivity contribution is -0.120. The molecule has 104 valence electrons. The van der Waals surface area contributed by atoms with Crippen LogP contribution in [0.25, 0.3) is 11.1 Å².